The monoisotopic (exact) mass is 506 g/mol. The van der Waals surface area contributed by atoms with Gasteiger partial charge < -0.3 is 49.1 Å². The second-order valence-corrected chi connectivity index (χ2v) is 8.20. The van der Waals surface area contributed by atoms with E-state index < -0.39 is 66.8 Å². The number of nitrogens with zero attached hydrogens (tertiary/aromatic N) is 1. The Balaban J connectivity index is 5.13. The van der Waals surface area contributed by atoms with Gasteiger partial charge in [-0.2, -0.15) is 11.8 Å². The summed E-state index contributed by atoms with van der Waals surface area (Å²) < 4.78 is 0. The van der Waals surface area contributed by atoms with E-state index in [0.29, 0.717) is 12.2 Å². The van der Waals surface area contributed by atoms with Crippen molar-refractivity contribution >= 4 is 47.3 Å². The molecule has 0 bridgehead atoms. The van der Waals surface area contributed by atoms with Gasteiger partial charge in [0.2, 0.25) is 23.6 Å². The molecular formula is C18H34N8O7S. The van der Waals surface area contributed by atoms with Crippen molar-refractivity contribution in [2.24, 2.45) is 27.9 Å². The smallest absolute Gasteiger partial charge is 0.326 e. The molecule has 0 saturated carbocycles. The van der Waals surface area contributed by atoms with Gasteiger partial charge in [-0.05, 0) is 31.3 Å². The van der Waals surface area contributed by atoms with Crippen molar-refractivity contribution in [1.29, 1.82) is 0 Å². The van der Waals surface area contributed by atoms with Gasteiger partial charge in [0.25, 0.3) is 0 Å². The highest BCUT2D eigenvalue weighted by Crippen LogP contribution is 2.03. The van der Waals surface area contributed by atoms with Crippen LogP contribution in [-0.4, -0.2) is 95.1 Å². The maximum absolute atomic E-state index is 12.5. The molecule has 13 N–H and O–H groups in total. The molecule has 15 nitrogen and oxygen atoms in total. The number of hydrogen-bond donors (Lipinski definition) is 9. The molecule has 0 rings (SSSR count). The van der Waals surface area contributed by atoms with Gasteiger partial charge in [-0.15, -0.1) is 0 Å². The topological polar surface area (TPSA) is 278 Å². The number of aliphatic hydroxyl groups excluding tert-OH is 1. The molecule has 0 aromatic rings. The van der Waals surface area contributed by atoms with Crippen molar-refractivity contribution in [3.8, 4) is 0 Å². The molecule has 0 spiro atoms. The molecule has 194 valence electrons. The number of rotatable bonds is 17. The maximum Gasteiger partial charge on any atom is 0.326 e. The Labute approximate surface area is 200 Å². The second kappa shape index (κ2) is 16.5. The van der Waals surface area contributed by atoms with E-state index in [0.717, 1.165) is 0 Å². The molecule has 0 fully saturated rings. The van der Waals surface area contributed by atoms with Crippen molar-refractivity contribution in [1.82, 2.24) is 16.0 Å². The minimum absolute atomic E-state index is 0.107. The first-order valence-corrected chi connectivity index (χ1v) is 11.6. The zero-order chi connectivity index (χ0) is 26.3. The second-order valence-electron chi connectivity index (χ2n) is 7.21. The standard InChI is InChI=1S/C18H34N8O7S/c1-34-6-4-10(17(32)33)24-15(30)11(7-13(20)28)25-16(31)12(8-27)26-14(29)9(19)3-2-5-23-18(21)22/h9-12,27H,2-8,19H2,1H3,(H2,20,28)(H,24,30)(H,25,31)(H,26,29)(H,32,33)(H4,21,22,23). The van der Waals surface area contributed by atoms with Crippen LogP contribution in [0.15, 0.2) is 4.99 Å². The first-order valence-electron chi connectivity index (χ1n) is 10.3. The minimum Gasteiger partial charge on any atom is -0.480 e. The SMILES string of the molecule is CSCCC(NC(=O)C(CC(N)=O)NC(=O)C(CO)NC(=O)C(N)CCCN=C(N)N)C(=O)O. The van der Waals surface area contributed by atoms with Crippen LogP contribution in [0.3, 0.4) is 0 Å². The van der Waals surface area contributed by atoms with E-state index in [1.165, 1.54) is 11.8 Å². The maximum atomic E-state index is 12.5. The molecule has 16 heteroatoms. The van der Waals surface area contributed by atoms with Gasteiger partial charge in [-0.3, -0.25) is 24.2 Å². The number of aliphatic imine (C=N–C) groups is 1. The Kier molecular flexibility index (Phi) is 15.0. The summed E-state index contributed by atoms with van der Waals surface area (Å²) >= 11 is 1.37. The lowest BCUT2D eigenvalue weighted by molar-refractivity contribution is -0.142. The first-order chi connectivity index (χ1) is 15.9. The molecular weight excluding hydrogens is 472 g/mol. The zero-order valence-electron chi connectivity index (χ0n) is 18.9. The third-order valence-electron chi connectivity index (χ3n) is 4.38. The molecule has 4 unspecified atom stereocenters. The summed E-state index contributed by atoms with van der Waals surface area (Å²) in [6.45, 7) is -0.597. The number of hydrogen-bond acceptors (Lipinski definition) is 9. The van der Waals surface area contributed by atoms with E-state index >= 15 is 0 Å². The Hall–Kier alpha value is -3.11. The van der Waals surface area contributed by atoms with E-state index in [9.17, 15) is 34.2 Å². The molecule has 34 heavy (non-hydrogen) atoms. The van der Waals surface area contributed by atoms with E-state index in [1.54, 1.807) is 6.26 Å². The molecule has 4 amide bonds. The van der Waals surface area contributed by atoms with Gasteiger partial charge in [0.1, 0.15) is 18.1 Å². The fourth-order valence-electron chi connectivity index (χ4n) is 2.57. The zero-order valence-corrected chi connectivity index (χ0v) is 19.7. The van der Waals surface area contributed by atoms with Crippen molar-refractivity contribution in [3.63, 3.8) is 0 Å². The Morgan fingerprint density at radius 2 is 1.47 bits per heavy atom. The molecule has 0 aliphatic heterocycles. The lowest BCUT2D eigenvalue weighted by Crippen LogP contribution is -2.58. The first kappa shape index (κ1) is 30.9. The third kappa shape index (κ3) is 12.8. The quantitative estimate of drug-likeness (QED) is 0.0515. The van der Waals surface area contributed by atoms with Crippen molar-refractivity contribution in [3.05, 3.63) is 0 Å². The van der Waals surface area contributed by atoms with Crippen LogP contribution >= 0.6 is 11.8 Å². The number of aliphatic carboxylic acids is 1. The summed E-state index contributed by atoms with van der Waals surface area (Å²) in [5.74, 6) is -4.61. The number of nitrogens with one attached hydrogen (secondary N) is 3. The van der Waals surface area contributed by atoms with Crippen LogP contribution in [0.1, 0.15) is 25.7 Å². The fourth-order valence-corrected chi connectivity index (χ4v) is 3.04. The highest BCUT2D eigenvalue weighted by Gasteiger charge is 2.30. The van der Waals surface area contributed by atoms with Crippen LogP contribution in [0, 0.1) is 0 Å². The highest BCUT2D eigenvalue weighted by molar-refractivity contribution is 7.98. The average molecular weight is 507 g/mol. The van der Waals surface area contributed by atoms with Gasteiger partial charge in [0.15, 0.2) is 5.96 Å². The fraction of sp³-hybridized carbons (Fsp3) is 0.667. The van der Waals surface area contributed by atoms with E-state index in [-0.39, 0.29) is 25.3 Å². The summed E-state index contributed by atoms with van der Waals surface area (Å²) in [7, 11) is 0. The minimum atomic E-state index is -1.53. The highest BCUT2D eigenvalue weighted by atomic mass is 32.2. The van der Waals surface area contributed by atoms with Crippen molar-refractivity contribution in [2.75, 3.05) is 25.2 Å². The number of nitrogens with two attached hydrogens (primary N) is 4. The summed E-state index contributed by atoms with van der Waals surface area (Å²) in [6, 6.07) is -5.31. The van der Waals surface area contributed by atoms with Crippen LogP contribution < -0.4 is 38.9 Å². The molecule has 0 radical (unpaired) electrons. The summed E-state index contributed by atoms with van der Waals surface area (Å²) in [5.41, 5.74) is 21.3. The third-order valence-corrected chi connectivity index (χ3v) is 5.03. The molecule has 0 aliphatic carbocycles. The Morgan fingerprint density at radius 3 is 1.97 bits per heavy atom. The number of aliphatic hydroxyl groups is 1. The lowest BCUT2D eigenvalue weighted by Gasteiger charge is -2.23. The number of guanidine groups is 1. The number of thioether (sulfide) groups is 1. The number of primary amides is 1. The summed E-state index contributed by atoms with van der Waals surface area (Å²) in [4.78, 5) is 63.8. The van der Waals surface area contributed by atoms with Crippen LogP contribution in [0.5, 0.6) is 0 Å². The van der Waals surface area contributed by atoms with Gasteiger partial charge in [-0.1, -0.05) is 0 Å². The molecule has 0 saturated heterocycles. The molecule has 0 aromatic carbocycles. The van der Waals surface area contributed by atoms with Gasteiger partial charge in [0, 0.05) is 6.54 Å². The lowest BCUT2D eigenvalue weighted by atomic mass is 10.1. The number of carboxylic acid groups (broad SMARTS) is 1. The van der Waals surface area contributed by atoms with Crippen LogP contribution in [0.2, 0.25) is 0 Å². The molecule has 4 atom stereocenters. The predicted molar refractivity (Wildman–Crippen MR) is 125 cm³/mol. The molecule has 0 aromatic heterocycles. The van der Waals surface area contributed by atoms with E-state index in [2.05, 4.69) is 20.9 Å². The van der Waals surface area contributed by atoms with E-state index in [4.69, 9.17) is 22.9 Å². The van der Waals surface area contributed by atoms with Crippen molar-refractivity contribution < 1.29 is 34.2 Å². The van der Waals surface area contributed by atoms with Gasteiger partial charge in [0.05, 0.1) is 19.1 Å². The Bertz CT molecular complexity index is 748. The van der Waals surface area contributed by atoms with E-state index in [1.807, 2.05) is 0 Å². The number of carboxylic acids is 1. The van der Waals surface area contributed by atoms with Crippen LogP contribution in [0.4, 0.5) is 0 Å². The number of carbonyl (C=O) groups excluding carboxylic acids is 4. The normalized spacial score (nSPS) is 14.1. The molecule has 0 heterocycles. The Morgan fingerprint density at radius 1 is 0.912 bits per heavy atom. The summed E-state index contributed by atoms with van der Waals surface area (Å²) in [5, 5.41) is 25.5. The summed E-state index contributed by atoms with van der Waals surface area (Å²) in [6.07, 6.45) is 1.79. The van der Waals surface area contributed by atoms with Gasteiger partial charge in [-0.25, -0.2) is 4.79 Å². The van der Waals surface area contributed by atoms with Gasteiger partial charge >= 0.3 is 5.97 Å². The van der Waals surface area contributed by atoms with Crippen molar-refractivity contribution in [2.45, 2.75) is 49.9 Å². The predicted octanol–water partition coefficient (Wildman–Crippen LogP) is -4.47. The number of amides is 4. The van der Waals surface area contributed by atoms with Crippen LogP contribution in [-0.2, 0) is 24.0 Å². The molecule has 0 aliphatic rings. The van der Waals surface area contributed by atoms with Crippen LogP contribution in [0.25, 0.3) is 0 Å². The average Bonchev–Trinajstić information content (AvgIpc) is 2.75. The largest absolute Gasteiger partial charge is 0.480 e. The number of carbonyl (C=O) groups is 5.